The normalized spacial score (nSPS) is 45.0. The molecule has 2 rings (SSSR count). The van der Waals surface area contributed by atoms with Crippen LogP contribution in [0.4, 0.5) is 0 Å². The van der Waals surface area contributed by atoms with Gasteiger partial charge in [-0.2, -0.15) is 0 Å². The van der Waals surface area contributed by atoms with E-state index in [2.05, 4.69) is 6.58 Å². The summed E-state index contributed by atoms with van der Waals surface area (Å²) in [5.74, 6) is 0.480. The fourth-order valence-corrected chi connectivity index (χ4v) is 1.88. The molecule has 0 aromatic carbocycles. The monoisotopic (exact) mass is 172 g/mol. The maximum absolute atomic E-state index is 9.17. The highest BCUT2D eigenvalue weighted by Crippen LogP contribution is 2.43. The molecule has 0 radical (unpaired) electrons. The molecular weight excluding hydrogens is 160 g/mol. The van der Waals surface area contributed by atoms with Crippen LogP contribution >= 0.6 is 0 Å². The highest BCUT2D eigenvalue weighted by atomic mass is 16.7. The maximum atomic E-state index is 9.17. The van der Waals surface area contributed by atoms with E-state index in [0.29, 0.717) is 12.4 Å². The largest absolute Gasteiger partial charge is 0.487 e. The average Bonchev–Trinajstić information content (AvgIpc) is 2.55. The first-order chi connectivity index (χ1) is 5.74. The lowest BCUT2D eigenvalue weighted by Gasteiger charge is -2.26. The Morgan fingerprint density at radius 3 is 3.00 bits per heavy atom. The molecule has 68 valence electrons. The molecule has 0 aromatic rings. The molecule has 2 aliphatic rings. The molecule has 0 amide bonds. The highest BCUT2D eigenvalue weighted by Gasteiger charge is 2.60. The Balaban J connectivity index is 2.32. The molecule has 2 heterocycles. The minimum atomic E-state index is -0.806. The molecule has 0 aromatic heterocycles. The Bertz CT molecular complexity index is 215. The van der Waals surface area contributed by atoms with Gasteiger partial charge in [0.1, 0.15) is 11.9 Å². The second-order valence-corrected chi connectivity index (χ2v) is 3.09. The first-order valence-electron chi connectivity index (χ1n) is 3.88. The quantitative estimate of drug-likeness (QED) is 0.620. The third-order valence-corrected chi connectivity index (χ3v) is 2.56. The van der Waals surface area contributed by atoms with E-state index >= 15 is 0 Å². The Hall–Kier alpha value is -0.580. The van der Waals surface area contributed by atoms with Gasteiger partial charge in [0.2, 0.25) is 0 Å². The van der Waals surface area contributed by atoms with Gasteiger partial charge in [-0.15, -0.1) is 0 Å². The average molecular weight is 172 g/mol. The highest BCUT2D eigenvalue weighted by molar-refractivity contribution is 5.22. The number of hydrogen-bond donors (Lipinski definition) is 1. The summed E-state index contributed by atoms with van der Waals surface area (Å²) in [4.78, 5) is 0. The van der Waals surface area contributed by atoms with Gasteiger partial charge >= 0.3 is 0 Å². The van der Waals surface area contributed by atoms with Crippen LogP contribution < -0.4 is 0 Å². The van der Waals surface area contributed by atoms with Gasteiger partial charge in [-0.05, 0) is 0 Å². The van der Waals surface area contributed by atoms with Gasteiger partial charge in [0.25, 0.3) is 0 Å². The number of rotatable bonds is 2. The van der Waals surface area contributed by atoms with E-state index in [9.17, 15) is 0 Å². The van der Waals surface area contributed by atoms with E-state index in [0.717, 1.165) is 0 Å². The van der Waals surface area contributed by atoms with Crippen LogP contribution in [0.15, 0.2) is 12.3 Å². The van der Waals surface area contributed by atoms with Crippen molar-refractivity contribution in [1.29, 1.82) is 0 Å². The van der Waals surface area contributed by atoms with Crippen molar-refractivity contribution in [2.24, 2.45) is 0 Å². The number of ether oxygens (including phenoxy) is 3. The summed E-state index contributed by atoms with van der Waals surface area (Å²) < 4.78 is 16.0. The molecule has 4 nitrogen and oxygen atoms in total. The Labute approximate surface area is 70.7 Å². The third kappa shape index (κ3) is 0.722. The molecule has 2 fully saturated rings. The van der Waals surface area contributed by atoms with Crippen molar-refractivity contribution in [3.05, 3.63) is 12.3 Å². The molecule has 3 atom stereocenters. The van der Waals surface area contributed by atoms with Gasteiger partial charge in [-0.3, -0.25) is 0 Å². The molecule has 2 saturated heterocycles. The van der Waals surface area contributed by atoms with E-state index < -0.39 is 5.60 Å². The number of methoxy groups -OCH3 is 1. The first kappa shape index (κ1) is 8.04. The van der Waals surface area contributed by atoms with Crippen LogP contribution in [-0.2, 0) is 14.2 Å². The summed E-state index contributed by atoms with van der Waals surface area (Å²) in [6, 6.07) is 0. The molecule has 2 aliphatic heterocycles. The number of aliphatic hydroxyl groups excluding tert-OH is 1. The van der Waals surface area contributed by atoms with Gasteiger partial charge in [0, 0.05) is 7.11 Å². The summed E-state index contributed by atoms with van der Waals surface area (Å²) in [6.45, 7) is 4.02. The zero-order chi connectivity index (χ0) is 8.77. The maximum Gasteiger partial charge on any atom is 0.177 e. The topological polar surface area (TPSA) is 47.9 Å². The van der Waals surface area contributed by atoms with Gasteiger partial charge in [0.15, 0.2) is 11.7 Å². The molecule has 2 bridgehead atoms. The van der Waals surface area contributed by atoms with Crippen LogP contribution in [0.1, 0.15) is 0 Å². The van der Waals surface area contributed by atoms with Crippen molar-refractivity contribution in [2.45, 2.75) is 17.8 Å². The lowest BCUT2D eigenvalue weighted by atomic mass is 9.98. The van der Waals surface area contributed by atoms with Crippen molar-refractivity contribution < 1.29 is 19.3 Å². The lowest BCUT2D eigenvalue weighted by Crippen LogP contribution is -2.43. The second-order valence-electron chi connectivity index (χ2n) is 3.09. The fourth-order valence-electron chi connectivity index (χ4n) is 1.88. The van der Waals surface area contributed by atoms with Crippen LogP contribution in [0.2, 0.25) is 0 Å². The van der Waals surface area contributed by atoms with E-state index in [4.69, 9.17) is 19.3 Å². The molecular formula is C8H12O4. The smallest absolute Gasteiger partial charge is 0.177 e. The summed E-state index contributed by atoms with van der Waals surface area (Å²) in [5, 5.41) is 9.17. The van der Waals surface area contributed by atoms with E-state index in [-0.39, 0.29) is 18.8 Å². The molecule has 0 spiro atoms. The predicted octanol–water partition coefficient (Wildman–Crippen LogP) is -0.325. The van der Waals surface area contributed by atoms with Crippen molar-refractivity contribution in [2.75, 3.05) is 20.3 Å². The van der Waals surface area contributed by atoms with Crippen molar-refractivity contribution in [3.8, 4) is 0 Å². The van der Waals surface area contributed by atoms with Crippen LogP contribution in [0, 0.1) is 0 Å². The lowest BCUT2D eigenvalue weighted by molar-refractivity contribution is -0.0892. The second kappa shape index (κ2) is 2.45. The number of fused-ring (bicyclic) bond motifs is 2. The molecule has 12 heavy (non-hydrogen) atoms. The molecule has 4 heteroatoms. The molecule has 0 unspecified atom stereocenters. The van der Waals surface area contributed by atoms with E-state index in [1.165, 1.54) is 0 Å². The van der Waals surface area contributed by atoms with Gasteiger partial charge < -0.3 is 19.3 Å². The van der Waals surface area contributed by atoms with Crippen LogP contribution in [0.3, 0.4) is 0 Å². The Morgan fingerprint density at radius 1 is 1.83 bits per heavy atom. The SMILES string of the molecule is C=C1O[C@H]2CO[C@]1(CO)[C@H]2OC. The minimum Gasteiger partial charge on any atom is -0.487 e. The number of hydrogen-bond acceptors (Lipinski definition) is 4. The fraction of sp³-hybridized carbons (Fsp3) is 0.750. The van der Waals surface area contributed by atoms with E-state index in [1.807, 2.05) is 0 Å². The van der Waals surface area contributed by atoms with Crippen LogP contribution in [0.5, 0.6) is 0 Å². The summed E-state index contributed by atoms with van der Waals surface area (Å²) in [5.41, 5.74) is -0.806. The Kier molecular flexibility index (Phi) is 1.64. The summed E-state index contributed by atoms with van der Waals surface area (Å²) in [6.07, 6.45) is -0.315. The van der Waals surface area contributed by atoms with Gasteiger partial charge in [-0.1, -0.05) is 6.58 Å². The van der Waals surface area contributed by atoms with Gasteiger partial charge in [0.05, 0.1) is 13.2 Å². The van der Waals surface area contributed by atoms with Crippen molar-refractivity contribution in [3.63, 3.8) is 0 Å². The molecule has 0 saturated carbocycles. The molecule has 1 N–H and O–H groups in total. The van der Waals surface area contributed by atoms with Crippen LogP contribution in [0.25, 0.3) is 0 Å². The predicted molar refractivity (Wildman–Crippen MR) is 40.6 cm³/mol. The summed E-state index contributed by atoms with van der Waals surface area (Å²) in [7, 11) is 1.58. The first-order valence-corrected chi connectivity index (χ1v) is 3.88. The zero-order valence-corrected chi connectivity index (χ0v) is 6.95. The van der Waals surface area contributed by atoms with Crippen LogP contribution in [-0.4, -0.2) is 43.2 Å². The summed E-state index contributed by atoms with van der Waals surface area (Å²) >= 11 is 0. The third-order valence-electron chi connectivity index (χ3n) is 2.56. The van der Waals surface area contributed by atoms with E-state index in [1.54, 1.807) is 7.11 Å². The molecule has 0 aliphatic carbocycles. The minimum absolute atomic E-state index is 0.102. The standard InChI is InChI=1S/C8H12O4/c1-5-8(4-9)7(10-2)6(12-5)3-11-8/h6-7,9H,1,3-4H2,2H3/t6-,7-,8-/m0/s1. The van der Waals surface area contributed by atoms with Crippen molar-refractivity contribution in [1.82, 2.24) is 0 Å². The zero-order valence-electron chi connectivity index (χ0n) is 6.95. The Morgan fingerprint density at radius 2 is 2.58 bits per heavy atom. The van der Waals surface area contributed by atoms with Crippen molar-refractivity contribution >= 4 is 0 Å². The van der Waals surface area contributed by atoms with Gasteiger partial charge in [-0.25, -0.2) is 0 Å². The number of aliphatic hydroxyl groups is 1.